The van der Waals surface area contributed by atoms with Gasteiger partial charge in [0.1, 0.15) is 29.9 Å². The Morgan fingerprint density at radius 1 is 0.391 bits per heavy atom. The van der Waals surface area contributed by atoms with Crippen molar-refractivity contribution in [3.63, 3.8) is 0 Å². The number of hydrogen-bond acceptors (Lipinski definition) is 31. The van der Waals surface area contributed by atoms with Gasteiger partial charge in [-0.05, 0) is 148 Å². The number of ether oxygens (including phenoxy) is 5. The van der Waals surface area contributed by atoms with Crippen molar-refractivity contribution in [1.82, 2.24) is 79.6 Å². The number of nitrogens with one attached hydrogen (secondary N) is 5. The van der Waals surface area contributed by atoms with Gasteiger partial charge >= 0.3 is 18.2 Å². The largest absolute Gasteiger partial charge is 0.445 e. The van der Waals surface area contributed by atoms with Crippen LogP contribution in [0.1, 0.15) is 87.6 Å². The Bertz CT molecular complexity index is 6480. The second kappa shape index (κ2) is 44.5. The van der Waals surface area contributed by atoms with Gasteiger partial charge < -0.3 is 85.0 Å². The molecule has 4 saturated heterocycles. The number of morpholine rings is 2. The van der Waals surface area contributed by atoms with E-state index in [1.165, 1.54) is 4.31 Å². The Morgan fingerprint density at radius 3 is 1.19 bits per heavy atom. The van der Waals surface area contributed by atoms with E-state index in [2.05, 4.69) is 75.3 Å². The number of amides is 6. The Kier molecular flexibility index (Phi) is 30.6. The number of carbonyl (C=O) groups is 4. The number of anilines is 9. The molecule has 0 spiro atoms. The average Bonchev–Trinajstić information content (AvgIpc) is 1.59. The molecule has 0 radical (unpaired) electrons. The van der Waals surface area contributed by atoms with E-state index in [9.17, 15) is 36.0 Å². The van der Waals surface area contributed by atoms with E-state index in [1.807, 2.05) is 105 Å². The Hall–Kier alpha value is -14.6. The summed E-state index contributed by atoms with van der Waals surface area (Å²) >= 11 is 0. The number of benzene rings is 6. The van der Waals surface area contributed by atoms with E-state index in [1.54, 1.807) is 109 Å². The standard InChI is InChI=1S/C29H34N6O4.C26H30N6O4S.C21H23N7O3S.C21H21N7O2/c1-2-30-28(36)31-23-11-9-22(10-12-23)26-32-25-19-35(29(37)39-20-21-7-4-3-5-8-21)15-13-24(25)27(33-26)34-14-6-17-38-18-16-34;1-2-27-26(33)28-20-11-9-19(10-12-20)24-29-23-18-32(37(34,35)21-7-4-3-5-8-21)17-22(23)25(30-24)31-13-6-15-36-16-14-31;1-32(29,30)26-16-5-3-15(4-6-16)19-24-18-14-28(21-22-7-2-8-23-21)13-17(18)20(25-19)27-9-11-31-12-10-27;22-18(29)14-2-4-15(5-3-14)19-25-17-13-28(21-23-6-1-7-24-21)12-16(17)20(26-19)27-8-10-30-11-9-27/h3-5,7-12H,2,6,13-20H2,1H3,(H2,30,31,36);3-5,7-12H,2,6,13-18H2,1H3,(H2,27,28,33);2-8,26H,9-14H2,1H3;1-7H,8-13H2,(H2,22,29). The van der Waals surface area contributed by atoms with Crippen LogP contribution in [0.25, 0.3) is 45.6 Å². The molecule has 12 aromatic rings. The SMILES string of the molecule is CCNC(=O)Nc1ccc(-c2nc3c(c(N4CCCOCC4)n2)CCN(C(=O)OCc2ccccc2)C3)cc1.CCNC(=O)Nc1ccc(-c2nc3c(c(N4CCCOCC4)n2)CN(S(=O)(=O)c2ccccc2)C3)cc1.CS(=O)(=O)Nc1ccc(-c2nc3c(c(N4CCOCC4)n2)CN(c2ncccn2)C3)cc1.NC(=O)c1ccc(-c2nc3c(c(N4CCOCC4)n2)CN(c2ncccn2)C3)cc1. The molecule has 8 aliphatic rings. The quantitative estimate of drug-likeness (QED) is 0.0389. The molecule has 4 fully saturated rings. The van der Waals surface area contributed by atoms with E-state index in [4.69, 9.17) is 69.3 Å². The van der Waals surface area contributed by atoms with Gasteiger partial charge in [-0.1, -0.05) is 60.7 Å². The molecular formula is C97H108N26O13S2. The topological polar surface area (TPSA) is 449 Å². The molecule has 14 heterocycles. The molecule has 41 heteroatoms. The van der Waals surface area contributed by atoms with Crippen LogP contribution >= 0.6 is 0 Å². The highest BCUT2D eigenvalue weighted by atomic mass is 32.2. The number of sulfonamides is 2. The van der Waals surface area contributed by atoms with Crippen LogP contribution in [0.4, 0.5) is 66.6 Å². The lowest BCUT2D eigenvalue weighted by Gasteiger charge is -2.31. The zero-order valence-corrected chi connectivity index (χ0v) is 78.5. The number of hydrogen-bond donors (Lipinski definition) is 6. The third-order valence-electron chi connectivity index (χ3n) is 23.8. The molecule has 6 aromatic carbocycles. The lowest BCUT2D eigenvalue weighted by atomic mass is 10.0. The smallest absolute Gasteiger partial charge is 0.410 e. The van der Waals surface area contributed by atoms with E-state index in [0.29, 0.717) is 175 Å². The van der Waals surface area contributed by atoms with Crippen LogP contribution in [-0.2, 0) is 103 Å². The first kappa shape index (κ1) is 95.1. The van der Waals surface area contributed by atoms with Crippen molar-refractivity contribution in [2.24, 2.45) is 5.73 Å². The zero-order valence-electron chi connectivity index (χ0n) is 76.8. The van der Waals surface area contributed by atoms with Crippen molar-refractivity contribution in [3.8, 4) is 45.6 Å². The number of rotatable bonds is 21. The maximum absolute atomic E-state index is 13.4. The van der Waals surface area contributed by atoms with Gasteiger partial charge in [-0.3, -0.25) is 9.52 Å². The van der Waals surface area contributed by atoms with Gasteiger partial charge in [0.25, 0.3) is 0 Å². The Morgan fingerprint density at radius 2 is 0.768 bits per heavy atom. The summed E-state index contributed by atoms with van der Waals surface area (Å²) in [5, 5.41) is 11.0. The van der Waals surface area contributed by atoms with Crippen molar-refractivity contribution >= 4 is 96.3 Å². The van der Waals surface area contributed by atoms with Gasteiger partial charge in [0.2, 0.25) is 37.9 Å². The van der Waals surface area contributed by atoms with Crippen molar-refractivity contribution < 1.29 is 59.7 Å². The fourth-order valence-corrected chi connectivity index (χ4v) is 18.9. The summed E-state index contributed by atoms with van der Waals surface area (Å²) in [6, 6.07) is 50.1. The highest BCUT2D eigenvalue weighted by Gasteiger charge is 2.38. The number of primary amides is 1. The minimum absolute atomic E-state index is 0.177. The predicted octanol–water partition coefficient (Wildman–Crippen LogP) is 10.5. The van der Waals surface area contributed by atoms with Crippen LogP contribution in [0.3, 0.4) is 0 Å². The molecule has 20 rings (SSSR count). The molecule has 0 saturated carbocycles. The Labute approximate surface area is 799 Å². The van der Waals surface area contributed by atoms with Gasteiger partial charge in [-0.25, -0.2) is 91.0 Å². The number of carbonyl (C=O) groups excluding carboxylic acids is 4. The number of fused-ring (bicyclic) bond motifs is 4. The van der Waals surface area contributed by atoms with Crippen molar-refractivity contribution in [1.29, 1.82) is 0 Å². The van der Waals surface area contributed by atoms with Gasteiger partial charge in [-0.15, -0.1) is 0 Å². The molecule has 0 unspecified atom stereocenters. The Balaban J connectivity index is 0.000000128. The molecule has 6 aromatic heterocycles. The number of nitrogens with zero attached hydrogens (tertiary/aromatic N) is 20. The minimum Gasteiger partial charge on any atom is -0.445 e. The third-order valence-corrected chi connectivity index (χ3v) is 26.2. The van der Waals surface area contributed by atoms with Crippen LogP contribution in [-0.4, -0.2) is 241 Å². The monoisotopic (exact) mass is 1910 g/mol. The molecule has 39 nitrogen and oxygen atoms in total. The molecule has 0 atom stereocenters. The van der Waals surface area contributed by atoms with Gasteiger partial charge in [0.15, 0.2) is 23.3 Å². The van der Waals surface area contributed by atoms with Crippen LogP contribution in [0.5, 0.6) is 0 Å². The lowest BCUT2D eigenvalue weighted by Crippen LogP contribution is -2.38. The van der Waals surface area contributed by atoms with Crippen LogP contribution in [0, 0.1) is 0 Å². The molecule has 0 aliphatic carbocycles. The first-order valence-corrected chi connectivity index (χ1v) is 49.3. The van der Waals surface area contributed by atoms with Crippen LogP contribution in [0.2, 0.25) is 0 Å². The minimum atomic E-state index is -3.68. The van der Waals surface area contributed by atoms with E-state index >= 15 is 0 Å². The molecular weight excluding hydrogens is 1800 g/mol. The normalized spacial score (nSPS) is 15.8. The van der Waals surface area contributed by atoms with E-state index < -0.39 is 26.0 Å². The van der Waals surface area contributed by atoms with Crippen LogP contribution in [0.15, 0.2) is 200 Å². The maximum Gasteiger partial charge on any atom is 0.410 e. The summed E-state index contributed by atoms with van der Waals surface area (Å²) in [7, 11) is -7.02. The summed E-state index contributed by atoms with van der Waals surface area (Å²) in [5.74, 6) is 6.70. The maximum atomic E-state index is 13.4. The van der Waals surface area contributed by atoms with Gasteiger partial charge in [0.05, 0.1) is 113 Å². The van der Waals surface area contributed by atoms with E-state index in [-0.39, 0.29) is 42.7 Å². The molecule has 8 aliphatic heterocycles. The fraction of sp³-hybridized carbons (Fsp3) is 0.340. The summed E-state index contributed by atoms with van der Waals surface area (Å²) in [4.78, 5) is 120. The second-order valence-corrected chi connectivity index (χ2v) is 37.1. The van der Waals surface area contributed by atoms with Gasteiger partial charge in [-0.2, -0.15) is 4.31 Å². The van der Waals surface area contributed by atoms with Crippen molar-refractivity contribution in [3.05, 3.63) is 251 Å². The second-order valence-electron chi connectivity index (χ2n) is 33.4. The summed E-state index contributed by atoms with van der Waals surface area (Å²) < 4.78 is 81.6. The lowest BCUT2D eigenvalue weighted by molar-refractivity contribution is 0.0912. The summed E-state index contributed by atoms with van der Waals surface area (Å²) in [6.45, 7) is 20.3. The highest BCUT2D eigenvalue weighted by molar-refractivity contribution is 7.92. The highest BCUT2D eigenvalue weighted by Crippen LogP contribution is 2.40. The van der Waals surface area contributed by atoms with E-state index in [0.717, 1.165) is 162 Å². The number of nitrogens with two attached hydrogens (primary N) is 1. The third kappa shape index (κ3) is 23.7. The molecule has 138 heavy (non-hydrogen) atoms. The predicted molar refractivity (Wildman–Crippen MR) is 521 cm³/mol. The molecule has 0 bridgehead atoms. The molecule has 716 valence electrons. The first-order chi connectivity index (χ1) is 67.2. The number of urea groups is 2. The number of aromatic nitrogens is 12. The first-order valence-electron chi connectivity index (χ1n) is 45.9. The van der Waals surface area contributed by atoms with Crippen molar-refractivity contribution in [2.75, 3.05) is 176 Å². The zero-order chi connectivity index (χ0) is 95.5. The fourth-order valence-electron chi connectivity index (χ4n) is 17.0. The van der Waals surface area contributed by atoms with Gasteiger partial charge in [0, 0.05) is 184 Å². The summed E-state index contributed by atoms with van der Waals surface area (Å²) in [6.07, 6.45) is 10.2. The molecule has 7 N–H and O–H groups in total. The summed E-state index contributed by atoms with van der Waals surface area (Å²) in [5.41, 5.74) is 19.4. The average molecular weight is 1910 g/mol. The molecule has 6 amide bonds. The van der Waals surface area contributed by atoms with Crippen molar-refractivity contribution in [2.45, 2.75) is 90.4 Å². The van der Waals surface area contributed by atoms with Crippen LogP contribution < -0.4 is 61.1 Å².